The Morgan fingerprint density at radius 2 is 2.16 bits per heavy atom. The lowest BCUT2D eigenvalue weighted by Crippen LogP contribution is -1.97. The molecular weight excluding hydrogens is 271 g/mol. The topological polar surface area (TPSA) is 67.5 Å². The summed E-state index contributed by atoms with van der Waals surface area (Å²) >= 11 is 0. The number of hydrogen-bond donors (Lipinski definition) is 1. The predicted molar refractivity (Wildman–Crippen MR) is 66.9 cm³/mol. The van der Waals surface area contributed by atoms with Crippen LogP contribution in [0.15, 0.2) is 39.6 Å². The zero-order valence-corrected chi connectivity index (χ0v) is 10.9. The number of furan rings is 1. The molecule has 2 rings (SSSR count). The van der Waals surface area contributed by atoms with E-state index < -0.39 is 22.6 Å². The van der Waals surface area contributed by atoms with Crippen LogP contribution < -0.4 is 0 Å². The van der Waals surface area contributed by atoms with Crippen LogP contribution in [-0.4, -0.2) is 15.3 Å². The lowest BCUT2D eigenvalue weighted by Gasteiger charge is -2.01. The first kappa shape index (κ1) is 13.5. The van der Waals surface area contributed by atoms with Crippen LogP contribution in [0.1, 0.15) is 21.9 Å². The number of carbonyl (C=O) groups is 1. The number of hydrogen-bond acceptors (Lipinski definition) is 3. The largest absolute Gasteiger partial charge is 0.475 e. The number of carboxylic acids is 1. The quantitative estimate of drug-likeness (QED) is 0.936. The van der Waals surface area contributed by atoms with Crippen LogP contribution in [0.4, 0.5) is 4.39 Å². The second-order valence-corrected chi connectivity index (χ2v) is 5.40. The monoisotopic (exact) mass is 282 g/mol. The summed E-state index contributed by atoms with van der Waals surface area (Å²) in [6.45, 7) is 1.60. The van der Waals surface area contributed by atoms with Gasteiger partial charge in [0.15, 0.2) is 0 Å². The van der Waals surface area contributed by atoms with Gasteiger partial charge in [0.2, 0.25) is 5.76 Å². The summed E-state index contributed by atoms with van der Waals surface area (Å²) in [5, 5.41) is 8.79. The van der Waals surface area contributed by atoms with E-state index in [1.165, 1.54) is 24.3 Å². The Labute approximate surface area is 111 Å². The highest BCUT2D eigenvalue weighted by molar-refractivity contribution is 7.84. The molecule has 1 heterocycles. The molecule has 0 spiro atoms. The highest BCUT2D eigenvalue weighted by atomic mass is 32.2. The molecule has 0 aliphatic carbocycles. The zero-order chi connectivity index (χ0) is 14.0. The fourth-order valence-corrected chi connectivity index (χ4v) is 2.81. The Hall–Kier alpha value is -1.95. The van der Waals surface area contributed by atoms with Crippen molar-refractivity contribution in [1.82, 2.24) is 0 Å². The van der Waals surface area contributed by atoms with Gasteiger partial charge in [0.05, 0.1) is 16.6 Å². The summed E-state index contributed by atoms with van der Waals surface area (Å²) in [5.74, 6) is -1.33. The van der Waals surface area contributed by atoms with Crippen molar-refractivity contribution in [1.29, 1.82) is 0 Å². The third-order valence-electron chi connectivity index (χ3n) is 2.58. The molecule has 6 heteroatoms. The molecule has 0 saturated carbocycles. The van der Waals surface area contributed by atoms with Crippen LogP contribution in [0.3, 0.4) is 0 Å². The number of aromatic carboxylic acids is 1. The van der Waals surface area contributed by atoms with Gasteiger partial charge in [-0.2, -0.15) is 0 Å². The van der Waals surface area contributed by atoms with E-state index in [4.69, 9.17) is 9.52 Å². The van der Waals surface area contributed by atoms with E-state index >= 15 is 0 Å². The van der Waals surface area contributed by atoms with Crippen molar-refractivity contribution in [3.05, 3.63) is 53.2 Å². The lowest BCUT2D eigenvalue weighted by atomic mass is 10.3. The maximum atomic E-state index is 13.0. The van der Waals surface area contributed by atoms with Crippen molar-refractivity contribution in [2.24, 2.45) is 0 Å². The van der Waals surface area contributed by atoms with Crippen molar-refractivity contribution in [3.63, 3.8) is 0 Å². The minimum absolute atomic E-state index is 0.0894. The van der Waals surface area contributed by atoms with Gasteiger partial charge < -0.3 is 9.52 Å². The van der Waals surface area contributed by atoms with Crippen molar-refractivity contribution in [2.75, 3.05) is 0 Å². The Balaban J connectivity index is 2.21. The third kappa shape index (κ3) is 3.08. The SMILES string of the molecule is Cc1oc(C(=O)O)cc1CS(=O)c1cccc(F)c1. The van der Waals surface area contributed by atoms with Gasteiger partial charge in [-0.05, 0) is 31.2 Å². The molecule has 0 saturated heterocycles. The maximum absolute atomic E-state index is 13.0. The van der Waals surface area contributed by atoms with Crippen LogP contribution in [0.5, 0.6) is 0 Å². The molecule has 1 aromatic carbocycles. The molecular formula is C13H11FO4S. The minimum Gasteiger partial charge on any atom is -0.475 e. The van der Waals surface area contributed by atoms with Gasteiger partial charge >= 0.3 is 5.97 Å². The average molecular weight is 282 g/mol. The standard InChI is InChI=1S/C13H11FO4S/c1-8-9(5-12(18-8)13(15)16)7-19(17)11-4-2-3-10(14)6-11/h2-6H,7H2,1H3,(H,15,16). The van der Waals surface area contributed by atoms with Gasteiger partial charge in [-0.25, -0.2) is 9.18 Å². The Morgan fingerprint density at radius 1 is 1.42 bits per heavy atom. The van der Waals surface area contributed by atoms with Gasteiger partial charge in [0.25, 0.3) is 0 Å². The summed E-state index contributed by atoms with van der Waals surface area (Å²) in [5.41, 5.74) is 0.542. The molecule has 0 radical (unpaired) electrons. The highest BCUT2D eigenvalue weighted by Crippen LogP contribution is 2.19. The number of carboxylic acid groups (broad SMARTS) is 1. The van der Waals surface area contributed by atoms with Gasteiger partial charge in [-0.15, -0.1) is 0 Å². The van der Waals surface area contributed by atoms with Crippen LogP contribution >= 0.6 is 0 Å². The molecule has 0 amide bonds. The first-order valence-corrected chi connectivity index (χ1v) is 6.76. The van der Waals surface area contributed by atoms with Gasteiger partial charge in [0, 0.05) is 10.5 Å². The Kier molecular flexibility index (Phi) is 3.80. The van der Waals surface area contributed by atoms with Gasteiger partial charge in [-0.3, -0.25) is 4.21 Å². The second-order valence-electron chi connectivity index (χ2n) is 3.94. The van der Waals surface area contributed by atoms with Gasteiger partial charge in [0.1, 0.15) is 11.6 Å². The number of aryl methyl sites for hydroxylation is 1. The molecule has 1 N–H and O–H groups in total. The van der Waals surface area contributed by atoms with Crippen LogP contribution in [0.25, 0.3) is 0 Å². The van der Waals surface area contributed by atoms with Crippen LogP contribution in [0, 0.1) is 12.7 Å². The van der Waals surface area contributed by atoms with E-state index in [2.05, 4.69) is 0 Å². The van der Waals surface area contributed by atoms with E-state index in [0.29, 0.717) is 16.2 Å². The summed E-state index contributed by atoms with van der Waals surface area (Å²) in [7, 11) is -1.45. The molecule has 1 unspecified atom stereocenters. The van der Waals surface area contributed by atoms with E-state index in [-0.39, 0.29) is 11.5 Å². The smallest absolute Gasteiger partial charge is 0.371 e. The molecule has 0 fully saturated rings. The normalized spacial score (nSPS) is 12.3. The summed E-state index contributed by atoms with van der Waals surface area (Å²) in [6.07, 6.45) is 0. The van der Waals surface area contributed by atoms with Crippen molar-refractivity contribution >= 4 is 16.8 Å². The molecule has 4 nitrogen and oxygen atoms in total. The summed E-state index contributed by atoms with van der Waals surface area (Å²) in [4.78, 5) is 11.1. The molecule has 1 aromatic heterocycles. The van der Waals surface area contributed by atoms with Gasteiger partial charge in [-0.1, -0.05) is 6.07 Å². The molecule has 0 aliphatic rings. The summed E-state index contributed by atoms with van der Waals surface area (Å²) < 4.78 is 30.1. The fraction of sp³-hybridized carbons (Fsp3) is 0.154. The molecule has 100 valence electrons. The van der Waals surface area contributed by atoms with E-state index in [9.17, 15) is 13.4 Å². The molecule has 2 aromatic rings. The molecule has 0 aliphatic heterocycles. The average Bonchev–Trinajstić information content (AvgIpc) is 2.71. The third-order valence-corrected chi connectivity index (χ3v) is 3.93. The fourth-order valence-electron chi connectivity index (χ4n) is 1.60. The first-order chi connectivity index (χ1) is 8.97. The number of benzene rings is 1. The second kappa shape index (κ2) is 5.36. The Bertz CT molecular complexity index is 648. The van der Waals surface area contributed by atoms with E-state index in [0.717, 1.165) is 0 Å². The maximum Gasteiger partial charge on any atom is 0.371 e. The highest BCUT2D eigenvalue weighted by Gasteiger charge is 2.15. The molecule has 19 heavy (non-hydrogen) atoms. The number of rotatable bonds is 4. The Morgan fingerprint density at radius 3 is 2.74 bits per heavy atom. The van der Waals surface area contributed by atoms with E-state index in [1.54, 1.807) is 13.0 Å². The molecule has 1 atom stereocenters. The zero-order valence-electron chi connectivity index (χ0n) is 10.1. The van der Waals surface area contributed by atoms with Crippen LogP contribution in [0.2, 0.25) is 0 Å². The van der Waals surface area contributed by atoms with E-state index in [1.807, 2.05) is 0 Å². The van der Waals surface area contributed by atoms with Crippen molar-refractivity contribution < 1.29 is 22.9 Å². The van der Waals surface area contributed by atoms with Crippen molar-refractivity contribution in [2.45, 2.75) is 17.6 Å². The minimum atomic E-state index is -1.45. The predicted octanol–water partition coefficient (Wildman–Crippen LogP) is 2.73. The lowest BCUT2D eigenvalue weighted by molar-refractivity contribution is 0.0661. The van der Waals surface area contributed by atoms with Crippen molar-refractivity contribution in [3.8, 4) is 0 Å². The summed E-state index contributed by atoms with van der Waals surface area (Å²) in [6, 6.07) is 6.85. The first-order valence-electron chi connectivity index (χ1n) is 5.44. The van der Waals surface area contributed by atoms with Crippen LogP contribution in [-0.2, 0) is 16.6 Å². The number of halogens is 1. The molecule has 0 bridgehead atoms.